The van der Waals surface area contributed by atoms with Gasteiger partial charge in [-0.2, -0.15) is 13.2 Å². The summed E-state index contributed by atoms with van der Waals surface area (Å²) in [5.41, 5.74) is 14.1. The number of nitrogens with one attached hydrogen (secondary N) is 4. The van der Waals surface area contributed by atoms with Crippen molar-refractivity contribution in [2.75, 3.05) is 20.1 Å². The second-order valence-corrected chi connectivity index (χ2v) is 15.4. The highest BCUT2D eigenvalue weighted by molar-refractivity contribution is 7.99. The molecule has 0 unspecified atom stereocenters. The quantitative estimate of drug-likeness (QED) is 0.0946. The summed E-state index contributed by atoms with van der Waals surface area (Å²) in [6.45, 7) is 0.516. The lowest BCUT2D eigenvalue weighted by Crippen LogP contribution is -2.57. The Morgan fingerprint density at radius 3 is 2.33 bits per heavy atom. The van der Waals surface area contributed by atoms with Crippen molar-refractivity contribution in [1.29, 1.82) is 0 Å². The van der Waals surface area contributed by atoms with Gasteiger partial charge in [-0.1, -0.05) is 66.4 Å². The van der Waals surface area contributed by atoms with Gasteiger partial charge in [0.15, 0.2) is 0 Å². The van der Waals surface area contributed by atoms with E-state index >= 15 is 13.2 Å². The van der Waals surface area contributed by atoms with Crippen LogP contribution >= 0.6 is 11.8 Å². The number of alkyl halides is 3. The molecule has 8 N–H and O–H groups in total. The summed E-state index contributed by atoms with van der Waals surface area (Å²) in [7, 11) is 1.52. The molecule has 3 atom stereocenters. The number of amides is 3. The number of H-pyrrole nitrogens is 1. The third-order valence-corrected chi connectivity index (χ3v) is 11.6. The molecular formula is C43H49F3N8O3S. The van der Waals surface area contributed by atoms with Crippen LogP contribution in [0.3, 0.4) is 0 Å². The standard InChI is InChI=1S/C43H49F3N8O3S/c1-54-37(23-30-25-50-34-15-6-5-14-32(30)34)40(56)52-26-31-21-29(27-11-3-2-4-12-27)22-33(43(44,45)46)38(31)58-41-28(13-10-20-49-41)24-51-35(17-9-19-48)39(55)53-36(42(54)57)16-7-8-18-47/h2-6,10-15,20-22,25,35-37,50-51H,7-9,16-19,23-24,26,47-48H2,1H3,(H,52,56)(H,53,55)/t35-,36-,37-/m0/s1. The number of para-hydroxylation sites is 1. The largest absolute Gasteiger partial charge is 0.417 e. The van der Waals surface area contributed by atoms with E-state index in [2.05, 4.69) is 25.9 Å². The van der Waals surface area contributed by atoms with E-state index < -0.39 is 47.6 Å². The number of nitrogens with zero attached hydrogens (tertiary/aromatic N) is 2. The molecule has 0 saturated heterocycles. The Kier molecular flexibility index (Phi) is 14.2. The molecule has 1 aliphatic rings. The van der Waals surface area contributed by atoms with Crippen LogP contribution in [0.5, 0.6) is 0 Å². The number of nitrogens with two attached hydrogens (primary N) is 2. The fourth-order valence-electron chi connectivity index (χ4n) is 7.21. The summed E-state index contributed by atoms with van der Waals surface area (Å²) in [6, 6.07) is 19.6. The third kappa shape index (κ3) is 10.3. The molecule has 306 valence electrons. The van der Waals surface area contributed by atoms with Crippen LogP contribution in [-0.4, -0.2) is 70.9 Å². The van der Waals surface area contributed by atoms with Gasteiger partial charge < -0.3 is 37.3 Å². The molecule has 0 radical (unpaired) electrons. The first kappa shape index (κ1) is 42.4. The van der Waals surface area contributed by atoms with E-state index in [1.807, 2.05) is 24.3 Å². The Balaban J connectivity index is 1.49. The van der Waals surface area contributed by atoms with Gasteiger partial charge in [-0.15, -0.1) is 0 Å². The van der Waals surface area contributed by atoms with E-state index in [1.54, 1.807) is 54.7 Å². The first-order valence-electron chi connectivity index (χ1n) is 19.4. The number of carbonyl (C=O) groups is 3. The number of aromatic nitrogens is 2. The van der Waals surface area contributed by atoms with Gasteiger partial charge in [0, 0.05) is 54.8 Å². The van der Waals surface area contributed by atoms with Crippen molar-refractivity contribution in [2.45, 2.75) is 85.8 Å². The van der Waals surface area contributed by atoms with Crippen molar-refractivity contribution in [2.24, 2.45) is 11.5 Å². The smallest absolute Gasteiger partial charge is 0.361 e. The minimum atomic E-state index is -4.77. The number of fused-ring (bicyclic) bond motifs is 3. The molecule has 3 aromatic carbocycles. The molecule has 15 heteroatoms. The third-order valence-electron chi connectivity index (χ3n) is 10.4. The minimum absolute atomic E-state index is 0.0823. The zero-order valence-electron chi connectivity index (χ0n) is 32.3. The Bertz CT molecular complexity index is 2200. The number of hydrogen-bond donors (Lipinski definition) is 6. The van der Waals surface area contributed by atoms with Crippen molar-refractivity contribution >= 4 is 40.4 Å². The highest BCUT2D eigenvalue weighted by Crippen LogP contribution is 2.44. The molecule has 1 aliphatic heterocycles. The molecule has 58 heavy (non-hydrogen) atoms. The first-order valence-corrected chi connectivity index (χ1v) is 20.2. The van der Waals surface area contributed by atoms with Gasteiger partial charge in [-0.05, 0) is 97.3 Å². The van der Waals surface area contributed by atoms with Crippen molar-refractivity contribution in [3.05, 3.63) is 114 Å². The maximum Gasteiger partial charge on any atom is 0.417 e. The van der Waals surface area contributed by atoms with E-state index in [4.69, 9.17) is 11.5 Å². The second-order valence-electron chi connectivity index (χ2n) is 14.4. The van der Waals surface area contributed by atoms with Crippen molar-refractivity contribution in [3.8, 4) is 11.1 Å². The average Bonchev–Trinajstić information content (AvgIpc) is 3.64. The zero-order valence-corrected chi connectivity index (χ0v) is 33.1. The topological polar surface area (TPSA) is 171 Å². The lowest BCUT2D eigenvalue weighted by Gasteiger charge is -2.32. The normalized spacial score (nSPS) is 18.6. The summed E-state index contributed by atoms with van der Waals surface area (Å²) >= 11 is 0.856. The zero-order chi connectivity index (χ0) is 41.2. The Hall–Kier alpha value is -5.22. The molecule has 2 aromatic heterocycles. The van der Waals surface area contributed by atoms with E-state index in [1.165, 1.54) is 18.1 Å². The summed E-state index contributed by atoms with van der Waals surface area (Å²) in [5, 5.41) is 10.3. The van der Waals surface area contributed by atoms with Crippen molar-refractivity contribution in [1.82, 2.24) is 30.8 Å². The summed E-state index contributed by atoms with van der Waals surface area (Å²) < 4.78 is 45.5. The predicted octanol–water partition coefficient (Wildman–Crippen LogP) is 5.91. The van der Waals surface area contributed by atoms with Crippen molar-refractivity contribution in [3.63, 3.8) is 0 Å². The van der Waals surface area contributed by atoms with Gasteiger partial charge in [0.1, 0.15) is 17.1 Å². The molecule has 0 bridgehead atoms. The molecule has 11 nitrogen and oxygen atoms in total. The van der Waals surface area contributed by atoms with Crippen molar-refractivity contribution < 1.29 is 27.6 Å². The summed E-state index contributed by atoms with van der Waals surface area (Å²) in [5.74, 6) is -1.50. The van der Waals surface area contributed by atoms with E-state index in [0.717, 1.165) is 34.3 Å². The highest BCUT2D eigenvalue weighted by Gasteiger charge is 2.37. The van der Waals surface area contributed by atoms with Gasteiger partial charge in [-0.25, -0.2) is 4.98 Å². The number of unbranched alkanes of at least 4 members (excludes halogenated alkanes) is 1. The van der Waals surface area contributed by atoms with Crippen LogP contribution in [0, 0.1) is 0 Å². The number of aromatic amines is 1. The van der Waals surface area contributed by atoms with Crippen LogP contribution < -0.4 is 27.4 Å². The van der Waals surface area contributed by atoms with Crippen LogP contribution in [0.25, 0.3) is 22.0 Å². The molecule has 3 heterocycles. The first-order chi connectivity index (χ1) is 28.0. The van der Waals surface area contributed by atoms with Gasteiger partial charge in [0.2, 0.25) is 17.7 Å². The monoisotopic (exact) mass is 814 g/mol. The Labute approximate surface area is 339 Å². The number of pyridine rings is 1. The van der Waals surface area contributed by atoms with Crippen LogP contribution in [0.4, 0.5) is 13.2 Å². The Morgan fingerprint density at radius 1 is 0.828 bits per heavy atom. The molecule has 0 fully saturated rings. The van der Waals surface area contributed by atoms with Gasteiger partial charge in [-0.3, -0.25) is 14.4 Å². The van der Waals surface area contributed by atoms with E-state index in [9.17, 15) is 14.4 Å². The number of rotatable bonds is 10. The van der Waals surface area contributed by atoms with Crippen LogP contribution in [0.2, 0.25) is 0 Å². The SMILES string of the molecule is CN1C(=O)[C@H](CCCCN)NC(=O)[C@H](CCCN)NCc2cccnc2Sc2c(cc(-c3ccccc3)cc2C(F)(F)F)CNC(=O)[C@@H]1Cc1c[nH]c2ccccc12. The van der Waals surface area contributed by atoms with E-state index in [-0.39, 0.29) is 36.4 Å². The number of likely N-dealkylation sites (N-methyl/N-ethyl adjacent to an activating group) is 1. The van der Waals surface area contributed by atoms with Crippen LogP contribution in [0.15, 0.2) is 101 Å². The number of carbonyl (C=O) groups excluding carboxylic acids is 3. The van der Waals surface area contributed by atoms with Crippen LogP contribution in [-0.2, 0) is 40.1 Å². The van der Waals surface area contributed by atoms with Crippen LogP contribution in [0.1, 0.15) is 54.4 Å². The summed E-state index contributed by atoms with van der Waals surface area (Å²) in [6.07, 6.45) is 0.850. The van der Waals surface area contributed by atoms with Gasteiger partial charge >= 0.3 is 6.18 Å². The molecule has 0 aliphatic carbocycles. The van der Waals surface area contributed by atoms with E-state index in [0.29, 0.717) is 60.5 Å². The lowest BCUT2D eigenvalue weighted by atomic mass is 9.98. The fraction of sp³-hybridized carbons (Fsp3) is 0.349. The molecular weight excluding hydrogens is 766 g/mol. The number of halogens is 3. The lowest BCUT2D eigenvalue weighted by molar-refractivity contribution is -0.142. The Morgan fingerprint density at radius 2 is 1.57 bits per heavy atom. The number of hydrogen-bond acceptors (Lipinski definition) is 8. The predicted molar refractivity (Wildman–Crippen MR) is 219 cm³/mol. The highest BCUT2D eigenvalue weighted by atomic mass is 32.2. The van der Waals surface area contributed by atoms with Gasteiger partial charge in [0.05, 0.1) is 11.6 Å². The molecule has 3 amide bonds. The average molecular weight is 815 g/mol. The minimum Gasteiger partial charge on any atom is -0.361 e. The van der Waals surface area contributed by atoms with Gasteiger partial charge in [0.25, 0.3) is 0 Å². The molecule has 0 spiro atoms. The fourth-order valence-corrected chi connectivity index (χ4v) is 8.34. The summed E-state index contributed by atoms with van der Waals surface area (Å²) in [4.78, 5) is 52.1. The molecule has 6 rings (SSSR count). The second kappa shape index (κ2) is 19.5. The number of benzene rings is 3. The molecule has 5 aromatic rings. The maximum atomic E-state index is 15.2. The maximum absolute atomic E-state index is 15.2. The molecule has 0 saturated carbocycles.